The minimum atomic E-state index is -4.05. The van der Waals surface area contributed by atoms with Crippen molar-refractivity contribution in [3.8, 4) is 11.5 Å². The standard InChI is InChI=1S/C22H29N3O6S/c1-4-30-21(27)13-31-19-11-16(14(2)3)6-5-15(19)9-10-25-32(28,29)20-12-17(22(23)24)7-8-18(20)26/h5-8,11-12,14,25-26H,4,9-10,13H2,1-3H3,(H3,23,24). The molecule has 0 saturated carbocycles. The number of amidine groups is 1. The van der Waals surface area contributed by atoms with Crippen molar-refractivity contribution in [1.82, 2.24) is 4.72 Å². The van der Waals surface area contributed by atoms with Crippen molar-refractivity contribution in [3.05, 3.63) is 53.1 Å². The number of carbonyl (C=O) groups excluding carboxylic acids is 1. The number of nitrogen functional groups attached to an aromatic ring is 1. The van der Waals surface area contributed by atoms with Crippen LogP contribution in [0.25, 0.3) is 0 Å². The number of phenols is 1. The normalized spacial score (nSPS) is 11.4. The van der Waals surface area contributed by atoms with Crippen molar-refractivity contribution in [1.29, 1.82) is 5.41 Å². The minimum absolute atomic E-state index is 0.0167. The van der Waals surface area contributed by atoms with Gasteiger partial charge in [0.15, 0.2) is 6.61 Å². The number of sulfonamides is 1. The molecule has 32 heavy (non-hydrogen) atoms. The Morgan fingerprint density at radius 2 is 1.94 bits per heavy atom. The fourth-order valence-corrected chi connectivity index (χ4v) is 4.06. The number of nitrogens with one attached hydrogen (secondary N) is 2. The van der Waals surface area contributed by atoms with Crippen LogP contribution in [0.2, 0.25) is 0 Å². The van der Waals surface area contributed by atoms with Crippen LogP contribution in [0.3, 0.4) is 0 Å². The van der Waals surface area contributed by atoms with Crippen molar-refractivity contribution in [3.63, 3.8) is 0 Å². The summed E-state index contributed by atoms with van der Waals surface area (Å²) in [4.78, 5) is 11.3. The molecule has 174 valence electrons. The Morgan fingerprint density at radius 3 is 2.56 bits per heavy atom. The molecular weight excluding hydrogens is 434 g/mol. The van der Waals surface area contributed by atoms with Gasteiger partial charge in [0.2, 0.25) is 10.0 Å². The summed E-state index contributed by atoms with van der Waals surface area (Å²) in [6, 6.07) is 9.27. The van der Waals surface area contributed by atoms with Crippen LogP contribution in [0.15, 0.2) is 41.3 Å². The Morgan fingerprint density at radius 1 is 1.22 bits per heavy atom. The van der Waals surface area contributed by atoms with Gasteiger partial charge in [-0.3, -0.25) is 5.41 Å². The number of nitrogens with two attached hydrogens (primary N) is 1. The molecule has 0 aliphatic carbocycles. The maximum absolute atomic E-state index is 12.7. The second-order valence-electron chi connectivity index (χ2n) is 7.36. The van der Waals surface area contributed by atoms with Gasteiger partial charge in [0.05, 0.1) is 6.61 Å². The summed E-state index contributed by atoms with van der Waals surface area (Å²) in [5.41, 5.74) is 7.32. The lowest BCUT2D eigenvalue weighted by atomic mass is 10.00. The van der Waals surface area contributed by atoms with Crippen LogP contribution >= 0.6 is 0 Å². The van der Waals surface area contributed by atoms with Gasteiger partial charge in [-0.2, -0.15) is 0 Å². The largest absolute Gasteiger partial charge is 0.507 e. The van der Waals surface area contributed by atoms with Crippen LogP contribution in [0, 0.1) is 5.41 Å². The van der Waals surface area contributed by atoms with Gasteiger partial charge in [-0.25, -0.2) is 17.9 Å². The van der Waals surface area contributed by atoms with Gasteiger partial charge < -0.3 is 20.3 Å². The van der Waals surface area contributed by atoms with Gasteiger partial charge in [0, 0.05) is 12.1 Å². The quantitative estimate of drug-likeness (QED) is 0.227. The number of benzene rings is 2. The average molecular weight is 464 g/mol. The molecule has 0 saturated heterocycles. The van der Waals surface area contributed by atoms with E-state index in [-0.39, 0.29) is 48.4 Å². The average Bonchev–Trinajstić information content (AvgIpc) is 2.72. The monoisotopic (exact) mass is 463 g/mol. The van der Waals surface area contributed by atoms with Crippen LogP contribution in [0.5, 0.6) is 11.5 Å². The predicted molar refractivity (Wildman–Crippen MR) is 121 cm³/mol. The first kappa shape index (κ1) is 25.2. The molecule has 0 fully saturated rings. The van der Waals surface area contributed by atoms with Crippen molar-refractivity contribution < 1.29 is 27.8 Å². The maximum atomic E-state index is 12.7. The fraction of sp³-hybridized carbons (Fsp3) is 0.364. The van der Waals surface area contributed by atoms with Gasteiger partial charge in [0.1, 0.15) is 22.2 Å². The van der Waals surface area contributed by atoms with Crippen molar-refractivity contribution >= 4 is 21.8 Å². The minimum Gasteiger partial charge on any atom is -0.507 e. The van der Waals surface area contributed by atoms with E-state index < -0.39 is 21.7 Å². The van der Waals surface area contributed by atoms with E-state index in [1.807, 2.05) is 32.0 Å². The number of phenolic OH excluding ortho intramolecular Hbond substituents is 1. The number of hydrogen-bond acceptors (Lipinski definition) is 7. The number of hydrogen-bond donors (Lipinski definition) is 4. The van der Waals surface area contributed by atoms with Gasteiger partial charge in [-0.05, 0) is 54.7 Å². The van der Waals surface area contributed by atoms with E-state index in [1.54, 1.807) is 6.92 Å². The molecule has 9 nitrogen and oxygen atoms in total. The lowest BCUT2D eigenvalue weighted by molar-refractivity contribution is -0.145. The molecule has 0 aliphatic rings. The van der Waals surface area contributed by atoms with E-state index in [9.17, 15) is 18.3 Å². The van der Waals surface area contributed by atoms with Crippen LogP contribution in [-0.4, -0.2) is 45.1 Å². The fourth-order valence-electron chi connectivity index (χ4n) is 2.91. The Labute approximate surface area is 188 Å². The van der Waals surface area contributed by atoms with Crippen molar-refractivity contribution in [2.24, 2.45) is 5.73 Å². The molecule has 0 heterocycles. The lowest BCUT2D eigenvalue weighted by Crippen LogP contribution is -2.26. The van der Waals surface area contributed by atoms with Crippen LogP contribution < -0.4 is 15.2 Å². The molecule has 0 aromatic heterocycles. The predicted octanol–water partition coefficient (Wildman–Crippen LogP) is 2.26. The Hall–Kier alpha value is -3.11. The Balaban J connectivity index is 2.16. The van der Waals surface area contributed by atoms with Gasteiger partial charge >= 0.3 is 5.97 Å². The van der Waals surface area contributed by atoms with Gasteiger partial charge in [-0.1, -0.05) is 26.0 Å². The summed E-state index contributed by atoms with van der Waals surface area (Å²) >= 11 is 0. The highest BCUT2D eigenvalue weighted by Gasteiger charge is 2.20. The number of carbonyl (C=O) groups is 1. The molecule has 0 atom stereocenters. The molecular formula is C22H29N3O6S. The van der Waals surface area contributed by atoms with Crippen LogP contribution in [-0.2, 0) is 26.0 Å². The number of ether oxygens (including phenoxy) is 2. The van der Waals surface area contributed by atoms with E-state index in [4.69, 9.17) is 20.6 Å². The summed E-state index contributed by atoms with van der Waals surface area (Å²) in [5.74, 6) is -0.527. The van der Waals surface area contributed by atoms with E-state index in [0.29, 0.717) is 11.3 Å². The van der Waals surface area contributed by atoms with E-state index in [0.717, 1.165) is 11.6 Å². The Bertz CT molecular complexity index is 1080. The van der Waals surface area contributed by atoms with Crippen molar-refractivity contribution in [2.45, 2.75) is 38.0 Å². The Kier molecular flexibility index (Phi) is 8.62. The molecule has 2 rings (SSSR count). The third-order valence-electron chi connectivity index (χ3n) is 4.66. The molecule has 5 N–H and O–H groups in total. The molecule has 2 aromatic carbocycles. The number of esters is 1. The second kappa shape index (κ2) is 11.0. The highest BCUT2D eigenvalue weighted by Crippen LogP contribution is 2.26. The van der Waals surface area contributed by atoms with E-state index >= 15 is 0 Å². The number of aromatic hydroxyl groups is 1. The maximum Gasteiger partial charge on any atom is 0.344 e. The topological polar surface area (TPSA) is 152 Å². The lowest BCUT2D eigenvalue weighted by Gasteiger charge is -2.15. The van der Waals surface area contributed by atoms with Gasteiger partial charge in [0.25, 0.3) is 0 Å². The van der Waals surface area contributed by atoms with Crippen LogP contribution in [0.1, 0.15) is 43.4 Å². The summed E-state index contributed by atoms with van der Waals surface area (Å²) in [7, 11) is -4.05. The summed E-state index contributed by atoms with van der Waals surface area (Å²) in [5, 5.41) is 17.4. The molecule has 0 radical (unpaired) electrons. The zero-order valence-electron chi connectivity index (χ0n) is 18.3. The SMILES string of the molecule is CCOC(=O)COc1cc(C(C)C)ccc1CCNS(=O)(=O)c1cc(C(=N)N)ccc1O. The van der Waals surface area contributed by atoms with Crippen LogP contribution in [0.4, 0.5) is 0 Å². The third kappa shape index (κ3) is 6.69. The molecule has 0 unspecified atom stereocenters. The second-order valence-corrected chi connectivity index (χ2v) is 9.09. The summed E-state index contributed by atoms with van der Waals surface area (Å²) in [6.07, 6.45) is 0.281. The zero-order valence-corrected chi connectivity index (χ0v) is 19.2. The molecule has 2 aromatic rings. The first-order valence-corrected chi connectivity index (χ1v) is 11.6. The highest BCUT2D eigenvalue weighted by atomic mass is 32.2. The summed E-state index contributed by atoms with van der Waals surface area (Å²) < 4.78 is 38.3. The highest BCUT2D eigenvalue weighted by molar-refractivity contribution is 7.89. The summed E-state index contributed by atoms with van der Waals surface area (Å²) in [6.45, 7) is 5.78. The number of rotatable bonds is 11. The smallest absolute Gasteiger partial charge is 0.344 e. The van der Waals surface area contributed by atoms with Crippen molar-refractivity contribution in [2.75, 3.05) is 19.8 Å². The first-order chi connectivity index (χ1) is 15.0. The van der Waals surface area contributed by atoms with E-state index in [1.165, 1.54) is 12.1 Å². The molecule has 10 heteroatoms. The molecule has 0 aliphatic heterocycles. The first-order valence-electron chi connectivity index (χ1n) is 10.1. The molecule has 0 amide bonds. The zero-order chi connectivity index (χ0) is 23.9. The van der Waals surface area contributed by atoms with Gasteiger partial charge in [-0.15, -0.1) is 0 Å². The molecule has 0 bridgehead atoms. The molecule has 0 spiro atoms. The third-order valence-corrected chi connectivity index (χ3v) is 6.15. The van der Waals surface area contributed by atoms with E-state index in [2.05, 4.69) is 4.72 Å².